The molecule has 0 aromatic carbocycles. The van der Waals surface area contributed by atoms with E-state index in [1.807, 2.05) is 0 Å². The first kappa shape index (κ1) is 18.6. The number of carboxylic acids is 1. The van der Waals surface area contributed by atoms with Crippen LogP contribution >= 0.6 is 0 Å². The molecular formula is C14H26N2O4. The Morgan fingerprint density at radius 3 is 2.60 bits per heavy atom. The predicted molar refractivity (Wildman–Crippen MR) is 77.2 cm³/mol. The van der Waals surface area contributed by atoms with Crippen molar-refractivity contribution < 1.29 is 19.8 Å². The van der Waals surface area contributed by atoms with E-state index in [-0.39, 0.29) is 25.7 Å². The van der Waals surface area contributed by atoms with Gasteiger partial charge in [-0.15, -0.1) is 0 Å². The van der Waals surface area contributed by atoms with Crippen LogP contribution in [-0.4, -0.2) is 52.9 Å². The zero-order valence-corrected chi connectivity index (χ0v) is 12.3. The average molecular weight is 286 g/mol. The lowest BCUT2D eigenvalue weighted by atomic mass is 10.2. The fraction of sp³-hybridized carbons (Fsp3) is 0.714. The molecule has 0 radical (unpaired) electrons. The first-order valence-corrected chi connectivity index (χ1v) is 6.99. The molecule has 0 aliphatic rings. The molecular weight excluding hydrogens is 260 g/mol. The lowest BCUT2D eigenvalue weighted by molar-refractivity contribution is -0.139. The number of nitrogens with one attached hydrogen (secondary N) is 1. The van der Waals surface area contributed by atoms with Crippen molar-refractivity contribution in [2.75, 3.05) is 19.8 Å². The number of carbonyl (C=O) groups excluding carboxylic acids is 1. The van der Waals surface area contributed by atoms with Crippen LogP contribution in [0.2, 0.25) is 0 Å². The van der Waals surface area contributed by atoms with Crippen molar-refractivity contribution in [3.63, 3.8) is 0 Å². The molecule has 0 bridgehead atoms. The highest BCUT2D eigenvalue weighted by Gasteiger charge is 2.12. The van der Waals surface area contributed by atoms with Crippen LogP contribution in [0.5, 0.6) is 0 Å². The molecule has 0 aromatic rings. The van der Waals surface area contributed by atoms with Crippen molar-refractivity contribution >= 4 is 11.9 Å². The number of unbranched alkanes of at least 4 members (excludes halogenated alkanes) is 1. The van der Waals surface area contributed by atoms with Gasteiger partial charge in [-0.3, -0.25) is 14.5 Å². The summed E-state index contributed by atoms with van der Waals surface area (Å²) in [6.07, 6.45) is 6.54. The maximum absolute atomic E-state index is 11.6. The summed E-state index contributed by atoms with van der Waals surface area (Å²) in [4.78, 5) is 23.7. The van der Waals surface area contributed by atoms with Crippen LogP contribution in [0.1, 0.15) is 39.5 Å². The molecule has 0 aliphatic carbocycles. The van der Waals surface area contributed by atoms with Crippen LogP contribution in [0.25, 0.3) is 0 Å². The van der Waals surface area contributed by atoms with Crippen molar-refractivity contribution in [3.05, 3.63) is 12.2 Å². The summed E-state index contributed by atoms with van der Waals surface area (Å²) in [5, 5.41) is 20.7. The summed E-state index contributed by atoms with van der Waals surface area (Å²) in [7, 11) is 0. The van der Waals surface area contributed by atoms with Crippen LogP contribution in [0.4, 0.5) is 0 Å². The second-order valence-corrected chi connectivity index (χ2v) is 4.78. The SMILES string of the molecule is CC/C=C/CCCC(=O)NCN(CC(=O)O)CC(C)O. The fourth-order valence-corrected chi connectivity index (χ4v) is 1.70. The van der Waals surface area contributed by atoms with Crippen molar-refractivity contribution in [2.45, 2.75) is 45.6 Å². The highest BCUT2D eigenvalue weighted by molar-refractivity contribution is 5.75. The van der Waals surface area contributed by atoms with E-state index in [4.69, 9.17) is 5.11 Å². The second kappa shape index (κ2) is 11.4. The first-order valence-electron chi connectivity index (χ1n) is 6.99. The van der Waals surface area contributed by atoms with Gasteiger partial charge >= 0.3 is 5.97 Å². The Labute approximate surface area is 120 Å². The van der Waals surface area contributed by atoms with Gasteiger partial charge in [-0.05, 0) is 26.2 Å². The van der Waals surface area contributed by atoms with E-state index >= 15 is 0 Å². The molecule has 3 N–H and O–H groups in total. The molecule has 0 saturated carbocycles. The molecule has 1 amide bonds. The normalized spacial score (nSPS) is 12.8. The molecule has 0 rings (SSSR count). The number of nitrogens with zero attached hydrogens (tertiary/aromatic N) is 1. The number of aliphatic hydroxyl groups excluding tert-OH is 1. The van der Waals surface area contributed by atoms with Gasteiger partial charge in [0.15, 0.2) is 0 Å². The monoisotopic (exact) mass is 286 g/mol. The van der Waals surface area contributed by atoms with E-state index in [9.17, 15) is 14.7 Å². The van der Waals surface area contributed by atoms with E-state index in [2.05, 4.69) is 24.4 Å². The van der Waals surface area contributed by atoms with Gasteiger partial charge in [0, 0.05) is 13.0 Å². The third kappa shape index (κ3) is 11.7. The number of carboxylic acid groups (broad SMARTS) is 1. The van der Waals surface area contributed by atoms with Crippen molar-refractivity contribution in [2.24, 2.45) is 0 Å². The number of carbonyl (C=O) groups is 2. The average Bonchev–Trinajstić information content (AvgIpc) is 2.34. The second-order valence-electron chi connectivity index (χ2n) is 4.78. The Hall–Kier alpha value is -1.40. The van der Waals surface area contributed by atoms with Crippen LogP contribution in [0.15, 0.2) is 12.2 Å². The number of rotatable bonds is 11. The zero-order chi connectivity index (χ0) is 15.4. The molecule has 0 spiro atoms. The predicted octanol–water partition coefficient (Wildman–Crippen LogP) is 0.964. The number of aliphatic hydroxyl groups is 1. The lowest BCUT2D eigenvalue weighted by Gasteiger charge is -2.22. The van der Waals surface area contributed by atoms with Gasteiger partial charge in [0.05, 0.1) is 19.3 Å². The molecule has 20 heavy (non-hydrogen) atoms. The van der Waals surface area contributed by atoms with Gasteiger partial charge in [0.1, 0.15) is 0 Å². The van der Waals surface area contributed by atoms with E-state index in [0.29, 0.717) is 6.42 Å². The fourth-order valence-electron chi connectivity index (χ4n) is 1.70. The molecule has 0 saturated heterocycles. The first-order chi connectivity index (χ1) is 9.45. The highest BCUT2D eigenvalue weighted by atomic mass is 16.4. The molecule has 116 valence electrons. The molecule has 0 heterocycles. The Balaban J connectivity index is 3.91. The molecule has 0 aliphatic heterocycles. The van der Waals surface area contributed by atoms with Gasteiger partial charge in [-0.1, -0.05) is 19.1 Å². The number of aliphatic carboxylic acids is 1. The standard InChI is InChI=1S/C14H26N2O4/c1-3-4-5-6-7-8-13(18)15-11-16(9-12(2)17)10-14(19)20/h4-5,12,17H,3,6-11H2,1-2H3,(H,15,18)(H,19,20)/b5-4+. The Morgan fingerprint density at radius 1 is 1.35 bits per heavy atom. The minimum absolute atomic E-state index is 0.101. The third-order valence-corrected chi connectivity index (χ3v) is 2.56. The molecule has 1 unspecified atom stereocenters. The van der Waals surface area contributed by atoms with Crippen molar-refractivity contribution in [1.82, 2.24) is 10.2 Å². The molecule has 0 aromatic heterocycles. The summed E-state index contributed by atoms with van der Waals surface area (Å²) >= 11 is 0. The van der Waals surface area contributed by atoms with Gasteiger partial charge in [-0.2, -0.15) is 0 Å². The smallest absolute Gasteiger partial charge is 0.317 e. The van der Waals surface area contributed by atoms with E-state index < -0.39 is 12.1 Å². The summed E-state index contributed by atoms with van der Waals surface area (Å²) in [6.45, 7) is 3.79. The number of allylic oxidation sites excluding steroid dienone is 2. The molecule has 6 nitrogen and oxygen atoms in total. The third-order valence-electron chi connectivity index (χ3n) is 2.56. The van der Waals surface area contributed by atoms with E-state index in [0.717, 1.165) is 19.3 Å². The summed E-state index contributed by atoms with van der Waals surface area (Å²) in [5.74, 6) is -1.08. The topological polar surface area (TPSA) is 89.9 Å². The quantitative estimate of drug-likeness (QED) is 0.299. The van der Waals surface area contributed by atoms with E-state index in [1.54, 1.807) is 6.92 Å². The summed E-state index contributed by atoms with van der Waals surface area (Å²) in [6, 6.07) is 0. The highest BCUT2D eigenvalue weighted by Crippen LogP contribution is 1.98. The van der Waals surface area contributed by atoms with Crippen LogP contribution in [-0.2, 0) is 9.59 Å². The maximum Gasteiger partial charge on any atom is 0.317 e. The summed E-state index contributed by atoms with van der Waals surface area (Å²) < 4.78 is 0. The van der Waals surface area contributed by atoms with Gasteiger partial charge in [0.25, 0.3) is 0 Å². The summed E-state index contributed by atoms with van der Waals surface area (Å²) in [5.41, 5.74) is 0. The number of hydrogen-bond acceptors (Lipinski definition) is 4. The largest absolute Gasteiger partial charge is 0.480 e. The zero-order valence-electron chi connectivity index (χ0n) is 12.3. The van der Waals surface area contributed by atoms with Gasteiger partial charge < -0.3 is 15.5 Å². The minimum atomic E-state index is -0.982. The van der Waals surface area contributed by atoms with Crippen LogP contribution in [0, 0.1) is 0 Å². The molecule has 0 fully saturated rings. The Morgan fingerprint density at radius 2 is 2.05 bits per heavy atom. The minimum Gasteiger partial charge on any atom is -0.480 e. The lowest BCUT2D eigenvalue weighted by Crippen LogP contribution is -2.43. The van der Waals surface area contributed by atoms with Crippen LogP contribution < -0.4 is 5.32 Å². The van der Waals surface area contributed by atoms with Gasteiger partial charge in [-0.25, -0.2) is 0 Å². The van der Waals surface area contributed by atoms with Crippen LogP contribution in [0.3, 0.4) is 0 Å². The Bertz CT molecular complexity index is 316. The maximum atomic E-state index is 11.6. The number of hydrogen-bond donors (Lipinski definition) is 3. The number of amides is 1. The van der Waals surface area contributed by atoms with Crippen molar-refractivity contribution in [3.8, 4) is 0 Å². The van der Waals surface area contributed by atoms with Gasteiger partial charge in [0.2, 0.25) is 5.91 Å². The molecule has 1 atom stereocenters. The van der Waals surface area contributed by atoms with Crippen molar-refractivity contribution in [1.29, 1.82) is 0 Å². The molecule has 6 heteroatoms. The van der Waals surface area contributed by atoms with E-state index in [1.165, 1.54) is 4.90 Å². The Kier molecular flexibility index (Phi) is 10.6.